The van der Waals surface area contributed by atoms with Gasteiger partial charge in [-0.25, -0.2) is 9.97 Å². The highest BCUT2D eigenvalue weighted by Crippen LogP contribution is 2.26. The third-order valence-electron chi connectivity index (χ3n) is 2.40. The second-order valence-corrected chi connectivity index (χ2v) is 3.88. The lowest BCUT2D eigenvalue weighted by atomic mass is 10.2. The average molecular weight is 262 g/mol. The predicted molar refractivity (Wildman–Crippen MR) is 64.9 cm³/mol. The molecule has 1 heterocycles. The molecule has 0 unspecified atom stereocenters. The number of anilines is 2. The van der Waals surface area contributed by atoms with E-state index in [2.05, 4.69) is 15.3 Å². The minimum atomic E-state index is -4.25. The van der Waals surface area contributed by atoms with Crippen LogP contribution in [0.5, 0.6) is 0 Å². The Labute approximate surface area is 104 Å². The molecule has 0 aliphatic heterocycles. The van der Waals surface area contributed by atoms with Crippen molar-refractivity contribution in [1.29, 1.82) is 0 Å². The molecular weight excluding hydrogens is 245 g/mol. The van der Waals surface area contributed by atoms with E-state index < -0.39 is 12.7 Å². The molecule has 1 aromatic heterocycles. The molecule has 18 heavy (non-hydrogen) atoms. The molecule has 1 rings (SSSR count). The highest BCUT2D eigenvalue weighted by atomic mass is 19.4. The highest BCUT2D eigenvalue weighted by Gasteiger charge is 2.30. The van der Waals surface area contributed by atoms with Crippen molar-refractivity contribution < 1.29 is 13.2 Å². The summed E-state index contributed by atoms with van der Waals surface area (Å²) in [6.07, 6.45) is -2.40. The summed E-state index contributed by atoms with van der Waals surface area (Å²) in [6.45, 7) is 3.40. The summed E-state index contributed by atoms with van der Waals surface area (Å²) in [4.78, 5) is 9.10. The van der Waals surface area contributed by atoms with E-state index in [1.54, 1.807) is 0 Å². The second kappa shape index (κ2) is 5.88. The molecule has 102 valence electrons. The third kappa shape index (κ3) is 3.75. The Balaban J connectivity index is 3.04. The SMILES string of the molecule is CCNc1ncnc(N(C)CC(F)(F)F)c1CC. The second-order valence-electron chi connectivity index (χ2n) is 3.88. The van der Waals surface area contributed by atoms with Crippen molar-refractivity contribution in [3.8, 4) is 0 Å². The summed E-state index contributed by atoms with van der Waals surface area (Å²) < 4.78 is 37.1. The fourth-order valence-corrected chi connectivity index (χ4v) is 1.72. The van der Waals surface area contributed by atoms with E-state index in [9.17, 15) is 13.2 Å². The van der Waals surface area contributed by atoms with E-state index >= 15 is 0 Å². The molecule has 0 aliphatic rings. The van der Waals surface area contributed by atoms with Crippen LogP contribution in [-0.4, -0.2) is 36.3 Å². The largest absolute Gasteiger partial charge is 0.405 e. The number of nitrogens with one attached hydrogen (secondary N) is 1. The van der Waals surface area contributed by atoms with Gasteiger partial charge in [0.2, 0.25) is 0 Å². The first-order chi connectivity index (χ1) is 8.39. The maximum absolute atomic E-state index is 12.4. The molecule has 0 radical (unpaired) electrons. The molecule has 1 aromatic rings. The number of hydrogen-bond donors (Lipinski definition) is 1. The van der Waals surface area contributed by atoms with Gasteiger partial charge in [-0.05, 0) is 13.3 Å². The van der Waals surface area contributed by atoms with Gasteiger partial charge in [0.1, 0.15) is 24.5 Å². The minimum absolute atomic E-state index is 0.320. The van der Waals surface area contributed by atoms with Crippen molar-refractivity contribution in [2.24, 2.45) is 0 Å². The Morgan fingerprint density at radius 1 is 1.28 bits per heavy atom. The quantitative estimate of drug-likeness (QED) is 0.885. The van der Waals surface area contributed by atoms with E-state index in [4.69, 9.17) is 0 Å². The topological polar surface area (TPSA) is 41.1 Å². The smallest absolute Gasteiger partial charge is 0.370 e. The van der Waals surface area contributed by atoms with Crippen molar-refractivity contribution >= 4 is 11.6 Å². The lowest BCUT2D eigenvalue weighted by Gasteiger charge is -2.23. The van der Waals surface area contributed by atoms with Crippen LogP contribution in [0.15, 0.2) is 6.33 Å². The lowest BCUT2D eigenvalue weighted by Crippen LogP contribution is -2.32. The van der Waals surface area contributed by atoms with Crippen molar-refractivity contribution in [2.75, 3.05) is 30.4 Å². The van der Waals surface area contributed by atoms with Gasteiger partial charge in [0.05, 0.1) is 0 Å². The summed E-state index contributed by atoms with van der Waals surface area (Å²) in [5, 5.41) is 3.03. The van der Waals surface area contributed by atoms with Gasteiger partial charge >= 0.3 is 6.18 Å². The molecule has 0 fully saturated rings. The van der Waals surface area contributed by atoms with Crippen LogP contribution in [-0.2, 0) is 6.42 Å². The number of nitrogens with zero attached hydrogens (tertiary/aromatic N) is 3. The van der Waals surface area contributed by atoms with Gasteiger partial charge in [-0.1, -0.05) is 6.92 Å². The van der Waals surface area contributed by atoms with Crippen LogP contribution in [0.3, 0.4) is 0 Å². The predicted octanol–water partition coefficient (Wildman–Crippen LogP) is 2.47. The standard InChI is InChI=1S/C11H17F3N4/c1-4-8-9(15-5-2)16-7-17-10(8)18(3)6-11(12,13)14/h7H,4-6H2,1-3H3,(H,15,16,17). The fraction of sp³-hybridized carbons (Fsp3) is 0.636. The third-order valence-corrected chi connectivity index (χ3v) is 2.40. The zero-order chi connectivity index (χ0) is 13.8. The Hall–Kier alpha value is -1.53. The highest BCUT2D eigenvalue weighted by molar-refractivity contribution is 5.58. The van der Waals surface area contributed by atoms with Gasteiger partial charge in [-0.3, -0.25) is 0 Å². The van der Waals surface area contributed by atoms with Crippen LogP contribution in [0.1, 0.15) is 19.4 Å². The van der Waals surface area contributed by atoms with Crippen molar-refractivity contribution in [2.45, 2.75) is 26.4 Å². The molecule has 7 heteroatoms. The van der Waals surface area contributed by atoms with Gasteiger partial charge in [0.15, 0.2) is 0 Å². The Morgan fingerprint density at radius 3 is 2.44 bits per heavy atom. The van der Waals surface area contributed by atoms with Gasteiger partial charge in [-0.15, -0.1) is 0 Å². The van der Waals surface area contributed by atoms with Crippen molar-refractivity contribution in [3.05, 3.63) is 11.9 Å². The first-order valence-electron chi connectivity index (χ1n) is 5.74. The molecule has 0 spiro atoms. The number of halogens is 3. The molecule has 0 saturated heterocycles. The van der Waals surface area contributed by atoms with Crippen molar-refractivity contribution in [1.82, 2.24) is 9.97 Å². The molecule has 0 amide bonds. The van der Waals surface area contributed by atoms with Crippen LogP contribution >= 0.6 is 0 Å². The Bertz CT molecular complexity index is 392. The van der Waals surface area contributed by atoms with Gasteiger partial charge in [0, 0.05) is 19.2 Å². The van der Waals surface area contributed by atoms with Gasteiger partial charge in [-0.2, -0.15) is 13.2 Å². The van der Waals surface area contributed by atoms with Crippen LogP contribution in [0.4, 0.5) is 24.8 Å². The molecule has 1 N–H and O–H groups in total. The van der Waals surface area contributed by atoms with E-state index in [0.29, 0.717) is 30.2 Å². The zero-order valence-electron chi connectivity index (χ0n) is 10.7. The summed E-state index contributed by atoms with van der Waals surface area (Å²) in [5.41, 5.74) is 0.700. The fourth-order valence-electron chi connectivity index (χ4n) is 1.72. The van der Waals surface area contributed by atoms with E-state index in [1.807, 2.05) is 13.8 Å². The molecule has 0 aliphatic carbocycles. The van der Waals surface area contributed by atoms with E-state index in [-0.39, 0.29) is 0 Å². The number of rotatable bonds is 5. The van der Waals surface area contributed by atoms with E-state index in [0.717, 1.165) is 4.90 Å². The average Bonchev–Trinajstić information content (AvgIpc) is 2.27. The molecule has 0 atom stereocenters. The van der Waals surface area contributed by atoms with Gasteiger partial charge in [0.25, 0.3) is 0 Å². The first-order valence-corrected chi connectivity index (χ1v) is 5.74. The summed E-state index contributed by atoms with van der Waals surface area (Å²) in [5.74, 6) is 0.916. The zero-order valence-corrected chi connectivity index (χ0v) is 10.7. The van der Waals surface area contributed by atoms with Crippen LogP contribution in [0.25, 0.3) is 0 Å². The van der Waals surface area contributed by atoms with E-state index in [1.165, 1.54) is 13.4 Å². The molecule has 0 aromatic carbocycles. The molecular formula is C11H17F3N4. The summed E-state index contributed by atoms with van der Waals surface area (Å²) in [6, 6.07) is 0. The number of hydrogen-bond acceptors (Lipinski definition) is 4. The number of alkyl halides is 3. The molecule has 4 nitrogen and oxygen atoms in total. The number of aromatic nitrogens is 2. The minimum Gasteiger partial charge on any atom is -0.370 e. The van der Waals surface area contributed by atoms with Crippen LogP contribution < -0.4 is 10.2 Å². The Morgan fingerprint density at radius 2 is 1.94 bits per heavy atom. The monoisotopic (exact) mass is 262 g/mol. The van der Waals surface area contributed by atoms with Crippen LogP contribution in [0.2, 0.25) is 0 Å². The molecule has 0 saturated carbocycles. The summed E-state index contributed by atoms with van der Waals surface area (Å²) in [7, 11) is 1.38. The lowest BCUT2D eigenvalue weighted by molar-refractivity contribution is -0.119. The van der Waals surface area contributed by atoms with Crippen LogP contribution in [0, 0.1) is 0 Å². The molecule has 0 bridgehead atoms. The van der Waals surface area contributed by atoms with Gasteiger partial charge < -0.3 is 10.2 Å². The normalized spacial score (nSPS) is 11.4. The first kappa shape index (κ1) is 14.5. The maximum atomic E-state index is 12.4. The van der Waals surface area contributed by atoms with Crippen molar-refractivity contribution in [3.63, 3.8) is 0 Å². The maximum Gasteiger partial charge on any atom is 0.405 e. The Kier molecular flexibility index (Phi) is 4.75. The summed E-state index contributed by atoms with van der Waals surface area (Å²) >= 11 is 0.